The molecule has 0 atom stereocenters. The van der Waals surface area contributed by atoms with Crippen molar-refractivity contribution in [3.8, 4) is 0 Å². The number of carbonyl (C=O) groups is 1. The van der Waals surface area contributed by atoms with Crippen LogP contribution in [0.15, 0.2) is 24.3 Å². The molecule has 0 aliphatic carbocycles. The van der Waals surface area contributed by atoms with Gasteiger partial charge in [0.25, 0.3) is 5.91 Å². The summed E-state index contributed by atoms with van der Waals surface area (Å²) in [6.07, 6.45) is 1.87. The Morgan fingerprint density at radius 2 is 2.22 bits per heavy atom. The number of nitrogens with zero attached hydrogens (tertiary/aromatic N) is 3. The normalized spacial score (nSPS) is 14.3. The third-order valence-corrected chi connectivity index (χ3v) is 5.63. The summed E-state index contributed by atoms with van der Waals surface area (Å²) in [5.74, 6) is 0.0529. The van der Waals surface area contributed by atoms with Crippen molar-refractivity contribution in [3.63, 3.8) is 0 Å². The molecule has 0 radical (unpaired) electrons. The van der Waals surface area contributed by atoms with E-state index >= 15 is 0 Å². The van der Waals surface area contributed by atoms with Gasteiger partial charge in [0.15, 0.2) is 0 Å². The fourth-order valence-electron chi connectivity index (χ4n) is 3.31. The van der Waals surface area contributed by atoms with Crippen molar-refractivity contribution in [2.75, 3.05) is 17.2 Å². The zero-order valence-electron chi connectivity index (χ0n) is 13.2. The maximum atomic E-state index is 13.0. The van der Waals surface area contributed by atoms with Crippen LogP contribution in [0.1, 0.15) is 27.3 Å². The van der Waals surface area contributed by atoms with Gasteiger partial charge in [-0.05, 0) is 43.5 Å². The molecule has 2 aromatic heterocycles. The molecule has 0 unspecified atom stereocenters. The average Bonchev–Trinajstić information content (AvgIpc) is 3.09. The molecular formula is C17H18N4OS. The highest BCUT2D eigenvalue weighted by Crippen LogP contribution is 2.34. The Bertz CT molecular complexity index is 890. The number of aromatic nitrogens is 2. The Balaban J connectivity index is 1.77. The molecule has 118 valence electrons. The molecular weight excluding hydrogens is 308 g/mol. The van der Waals surface area contributed by atoms with E-state index in [2.05, 4.69) is 5.10 Å². The van der Waals surface area contributed by atoms with Crippen molar-refractivity contribution >= 4 is 38.8 Å². The first-order chi connectivity index (χ1) is 11.1. The number of fused-ring (bicyclic) bond motifs is 2. The molecule has 6 heteroatoms. The molecule has 1 amide bonds. The Labute approximate surface area is 138 Å². The van der Waals surface area contributed by atoms with E-state index in [0.29, 0.717) is 0 Å². The molecule has 4 rings (SSSR count). The number of amides is 1. The fourth-order valence-corrected chi connectivity index (χ4v) is 4.38. The van der Waals surface area contributed by atoms with E-state index in [4.69, 9.17) is 5.73 Å². The zero-order chi connectivity index (χ0) is 16.1. The minimum Gasteiger partial charge on any atom is -0.398 e. The number of thiophene rings is 1. The molecule has 5 nitrogen and oxygen atoms in total. The van der Waals surface area contributed by atoms with E-state index < -0.39 is 0 Å². The summed E-state index contributed by atoms with van der Waals surface area (Å²) in [6, 6.07) is 7.77. The lowest BCUT2D eigenvalue weighted by molar-refractivity contribution is 0.0989. The maximum absolute atomic E-state index is 13.0. The minimum absolute atomic E-state index is 0.0529. The lowest BCUT2D eigenvalue weighted by Gasteiger charge is -2.29. The van der Waals surface area contributed by atoms with Crippen molar-refractivity contribution in [2.24, 2.45) is 7.05 Å². The van der Waals surface area contributed by atoms with E-state index in [1.54, 1.807) is 0 Å². The summed E-state index contributed by atoms with van der Waals surface area (Å²) in [4.78, 5) is 16.7. The predicted molar refractivity (Wildman–Crippen MR) is 94.2 cm³/mol. The molecule has 0 saturated carbocycles. The number of nitrogen functional groups attached to an aromatic ring is 1. The first-order valence-corrected chi connectivity index (χ1v) is 8.50. The number of hydrogen-bond acceptors (Lipinski definition) is 4. The monoisotopic (exact) mass is 326 g/mol. The van der Waals surface area contributed by atoms with Crippen LogP contribution >= 0.6 is 11.3 Å². The molecule has 23 heavy (non-hydrogen) atoms. The topological polar surface area (TPSA) is 64.2 Å². The quantitative estimate of drug-likeness (QED) is 0.699. The summed E-state index contributed by atoms with van der Waals surface area (Å²) < 4.78 is 1.84. The molecule has 3 aromatic rings. The molecule has 1 aliphatic rings. The van der Waals surface area contributed by atoms with Crippen LogP contribution in [0.3, 0.4) is 0 Å². The first-order valence-electron chi connectivity index (χ1n) is 7.68. The van der Waals surface area contributed by atoms with Gasteiger partial charge >= 0.3 is 0 Å². The van der Waals surface area contributed by atoms with Crippen molar-refractivity contribution in [1.82, 2.24) is 9.78 Å². The largest absolute Gasteiger partial charge is 0.398 e. The van der Waals surface area contributed by atoms with Gasteiger partial charge in [-0.25, -0.2) is 0 Å². The predicted octanol–water partition coefficient (Wildman–Crippen LogP) is 3.12. The van der Waals surface area contributed by atoms with Crippen LogP contribution in [0.25, 0.3) is 10.2 Å². The van der Waals surface area contributed by atoms with E-state index in [0.717, 1.165) is 57.1 Å². The highest BCUT2D eigenvalue weighted by Gasteiger charge is 2.26. The summed E-state index contributed by atoms with van der Waals surface area (Å²) in [7, 11) is 1.91. The SMILES string of the molecule is Cc1nn(C)c2sc(C(=O)N3CCCc4c(N)cccc43)cc12. The summed E-state index contributed by atoms with van der Waals surface area (Å²) in [5, 5.41) is 5.46. The second-order valence-electron chi connectivity index (χ2n) is 5.94. The van der Waals surface area contributed by atoms with Crippen LogP contribution in [0.2, 0.25) is 0 Å². The van der Waals surface area contributed by atoms with Crippen molar-refractivity contribution in [3.05, 3.63) is 40.4 Å². The molecule has 3 heterocycles. The van der Waals surface area contributed by atoms with Gasteiger partial charge in [-0.1, -0.05) is 6.07 Å². The van der Waals surface area contributed by atoms with E-state index in [-0.39, 0.29) is 5.91 Å². The Morgan fingerprint density at radius 3 is 3.00 bits per heavy atom. The number of carbonyl (C=O) groups excluding carboxylic acids is 1. The number of nitrogens with two attached hydrogens (primary N) is 1. The van der Waals surface area contributed by atoms with Gasteiger partial charge in [0.2, 0.25) is 0 Å². The third-order valence-electron chi connectivity index (χ3n) is 4.44. The van der Waals surface area contributed by atoms with E-state index in [1.165, 1.54) is 11.3 Å². The number of anilines is 2. The molecule has 0 saturated heterocycles. The third kappa shape index (κ3) is 2.13. The van der Waals surface area contributed by atoms with Crippen molar-refractivity contribution in [1.29, 1.82) is 0 Å². The lowest BCUT2D eigenvalue weighted by Crippen LogP contribution is -2.35. The standard InChI is InChI=1S/C17H18N4OS/c1-10-12-9-15(23-17(12)20(2)19-10)16(22)21-8-4-5-11-13(18)6-3-7-14(11)21/h3,6-7,9H,4-5,8,18H2,1-2H3. The molecule has 0 spiro atoms. The van der Waals surface area contributed by atoms with Crippen LogP contribution in [-0.2, 0) is 13.5 Å². The second-order valence-corrected chi connectivity index (χ2v) is 6.97. The summed E-state index contributed by atoms with van der Waals surface area (Å²) >= 11 is 1.50. The Hall–Kier alpha value is -2.34. The molecule has 1 aliphatic heterocycles. The Kier molecular flexibility index (Phi) is 3.16. The van der Waals surface area contributed by atoms with E-state index in [1.807, 2.05) is 47.8 Å². The molecule has 1 aromatic carbocycles. The van der Waals surface area contributed by atoms with Crippen molar-refractivity contribution < 1.29 is 4.79 Å². The van der Waals surface area contributed by atoms with Crippen molar-refractivity contribution in [2.45, 2.75) is 19.8 Å². The number of hydrogen-bond donors (Lipinski definition) is 1. The lowest BCUT2D eigenvalue weighted by atomic mass is 9.99. The first kappa shape index (κ1) is 14.3. The molecule has 2 N–H and O–H groups in total. The number of aryl methyl sites for hydroxylation is 2. The van der Waals surface area contributed by atoms with Crippen LogP contribution in [0.5, 0.6) is 0 Å². The van der Waals surface area contributed by atoms with Gasteiger partial charge in [0, 0.05) is 30.4 Å². The van der Waals surface area contributed by atoms with Gasteiger partial charge in [-0.3, -0.25) is 9.48 Å². The maximum Gasteiger partial charge on any atom is 0.268 e. The highest BCUT2D eigenvalue weighted by atomic mass is 32.1. The van der Waals surface area contributed by atoms with Gasteiger partial charge in [-0.2, -0.15) is 5.10 Å². The molecule has 0 bridgehead atoms. The number of rotatable bonds is 1. The van der Waals surface area contributed by atoms with E-state index in [9.17, 15) is 4.79 Å². The van der Waals surface area contributed by atoms with Crippen LogP contribution in [-0.4, -0.2) is 22.2 Å². The molecule has 0 fully saturated rings. The second kappa shape index (κ2) is 5.09. The fraction of sp³-hybridized carbons (Fsp3) is 0.294. The highest BCUT2D eigenvalue weighted by molar-refractivity contribution is 7.20. The van der Waals surface area contributed by atoms with Crippen LogP contribution in [0.4, 0.5) is 11.4 Å². The van der Waals surface area contributed by atoms with Crippen LogP contribution < -0.4 is 10.6 Å². The van der Waals surface area contributed by atoms with Gasteiger partial charge < -0.3 is 10.6 Å². The smallest absolute Gasteiger partial charge is 0.268 e. The minimum atomic E-state index is 0.0529. The van der Waals surface area contributed by atoms with Gasteiger partial charge in [0.1, 0.15) is 4.83 Å². The Morgan fingerprint density at radius 1 is 1.39 bits per heavy atom. The number of benzene rings is 1. The van der Waals surface area contributed by atoms with Crippen LogP contribution in [0, 0.1) is 6.92 Å². The zero-order valence-corrected chi connectivity index (χ0v) is 14.0. The van der Waals surface area contributed by atoms with Gasteiger partial charge in [0.05, 0.1) is 10.6 Å². The van der Waals surface area contributed by atoms with Gasteiger partial charge in [-0.15, -0.1) is 11.3 Å². The average molecular weight is 326 g/mol. The summed E-state index contributed by atoms with van der Waals surface area (Å²) in [6.45, 7) is 2.71. The summed E-state index contributed by atoms with van der Waals surface area (Å²) in [5.41, 5.74) is 9.86.